The highest BCUT2D eigenvalue weighted by molar-refractivity contribution is 8.01. The van der Waals surface area contributed by atoms with Crippen molar-refractivity contribution in [3.63, 3.8) is 0 Å². The van der Waals surface area contributed by atoms with Gasteiger partial charge in [0, 0.05) is 25.0 Å². The number of rotatable bonds is 6. The summed E-state index contributed by atoms with van der Waals surface area (Å²) < 4.78 is 1.03. The fourth-order valence-electron chi connectivity index (χ4n) is 1.16. The lowest BCUT2D eigenvalue weighted by atomic mass is 10.3. The Morgan fingerprint density at radius 2 is 2.38 bits per heavy atom. The molecule has 0 aliphatic carbocycles. The first-order chi connectivity index (χ1) is 7.95. The Bertz CT molecular complexity index is 390. The predicted molar refractivity (Wildman–Crippen MR) is 66.6 cm³/mol. The maximum atomic E-state index is 4.24. The highest BCUT2D eigenvalue weighted by atomic mass is 32.2. The van der Waals surface area contributed by atoms with E-state index in [1.54, 1.807) is 28.6 Å². The number of pyridine rings is 1. The van der Waals surface area contributed by atoms with Gasteiger partial charge in [-0.3, -0.25) is 4.98 Å². The molecule has 2 aromatic rings. The number of nitrogens with one attached hydrogen (secondary N) is 1. The van der Waals surface area contributed by atoms with Crippen molar-refractivity contribution in [1.29, 1.82) is 0 Å². The van der Waals surface area contributed by atoms with Crippen LogP contribution >= 0.6 is 23.1 Å². The second-order valence-electron chi connectivity index (χ2n) is 3.05. The molecule has 84 valence electrons. The van der Waals surface area contributed by atoms with Crippen LogP contribution in [0.15, 0.2) is 34.2 Å². The molecule has 0 saturated carbocycles. The van der Waals surface area contributed by atoms with Crippen molar-refractivity contribution in [2.24, 2.45) is 0 Å². The van der Waals surface area contributed by atoms with E-state index in [2.05, 4.69) is 20.5 Å². The van der Waals surface area contributed by atoms with E-state index in [9.17, 15) is 0 Å². The minimum absolute atomic E-state index is 0.817. The Kier molecular flexibility index (Phi) is 4.72. The van der Waals surface area contributed by atoms with E-state index in [4.69, 9.17) is 0 Å². The Hall–Kier alpha value is -0.980. The third-order valence-electron chi connectivity index (χ3n) is 1.88. The van der Waals surface area contributed by atoms with Crippen molar-refractivity contribution in [2.75, 3.05) is 12.3 Å². The fourth-order valence-corrected chi connectivity index (χ4v) is 2.61. The van der Waals surface area contributed by atoms with Crippen molar-refractivity contribution < 1.29 is 0 Å². The molecule has 0 amide bonds. The molecule has 0 radical (unpaired) electrons. The van der Waals surface area contributed by atoms with Crippen LogP contribution in [0.25, 0.3) is 0 Å². The van der Waals surface area contributed by atoms with Crippen LogP contribution in [0.5, 0.6) is 0 Å². The van der Waals surface area contributed by atoms with Crippen LogP contribution in [0.4, 0.5) is 0 Å². The van der Waals surface area contributed by atoms with Gasteiger partial charge < -0.3 is 5.32 Å². The first kappa shape index (κ1) is 11.5. The maximum absolute atomic E-state index is 4.24. The molecule has 0 spiro atoms. The molecule has 0 aliphatic rings. The first-order valence-corrected chi connectivity index (χ1v) is 6.81. The summed E-state index contributed by atoms with van der Waals surface area (Å²) in [6.45, 7) is 1.76. The fraction of sp³-hybridized carbons (Fsp3) is 0.300. The van der Waals surface area contributed by atoms with Crippen LogP contribution in [0.2, 0.25) is 0 Å². The second kappa shape index (κ2) is 6.57. The average molecular weight is 252 g/mol. The van der Waals surface area contributed by atoms with Gasteiger partial charge in [-0.2, -0.15) is 0 Å². The van der Waals surface area contributed by atoms with E-state index in [-0.39, 0.29) is 0 Å². The Morgan fingerprint density at radius 3 is 3.12 bits per heavy atom. The smallest absolute Gasteiger partial charge is 0.174 e. The number of aromatic nitrogens is 3. The summed E-state index contributed by atoms with van der Waals surface area (Å²) in [6.07, 6.45) is 1.81. The van der Waals surface area contributed by atoms with Gasteiger partial charge in [-0.05, 0) is 12.1 Å². The number of nitrogens with zero attached hydrogens (tertiary/aromatic N) is 3. The molecule has 4 nitrogen and oxygen atoms in total. The Labute approximate surface area is 103 Å². The van der Waals surface area contributed by atoms with Gasteiger partial charge in [0.25, 0.3) is 0 Å². The summed E-state index contributed by atoms with van der Waals surface area (Å²) >= 11 is 3.30. The SMILES string of the molecule is c1ccc(CNCCSc2nncs2)nc1. The lowest BCUT2D eigenvalue weighted by Gasteiger charge is -2.02. The molecule has 2 rings (SSSR count). The van der Waals surface area contributed by atoms with Crippen LogP contribution in [0, 0.1) is 0 Å². The van der Waals surface area contributed by atoms with Gasteiger partial charge in [-0.1, -0.05) is 29.2 Å². The van der Waals surface area contributed by atoms with Gasteiger partial charge in [-0.25, -0.2) is 0 Å². The molecule has 0 unspecified atom stereocenters. The van der Waals surface area contributed by atoms with Crippen molar-refractivity contribution in [3.05, 3.63) is 35.6 Å². The zero-order valence-corrected chi connectivity index (χ0v) is 10.3. The van der Waals surface area contributed by atoms with Gasteiger partial charge in [0.2, 0.25) is 0 Å². The van der Waals surface area contributed by atoms with Crippen molar-refractivity contribution in [3.8, 4) is 0 Å². The minimum atomic E-state index is 0.817. The van der Waals surface area contributed by atoms with E-state index in [0.29, 0.717) is 0 Å². The summed E-state index contributed by atoms with van der Waals surface area (Å²) in [5, 5.41) is 11.1. The third kappa shape index (κ3) is 3.88. The molecule has 16 heavy (non-hydrogen) atoms. The van der Waals surface area contributed by atoms with E-state index in [0.717, 1.165) is 28.9 Å². The molecule has 0 fully saturated rings. The Morgan fingerprint density at radius 1 is 1.38 bits per heavy atom. The van der Waals surface area contributed by atoms with E-state index < -0.39 is 0 Å². The largest absolute Gasteiger partial charge is 0.310 e. The lowest BCUT2D eigenvalue weighted by molar-refractivity contribution is 0.715. The predicted octanol–water partition coefficient (Wildman–Crippen LogP) is 1.81. The highest BCUT2D eigenvalue weighted by Crippen LogP contribution is 2.17. The lowest BCUT2D eigenvalue weighted by Crippen LogP contribution is -2.17. The monoisotopic (exact) mass is 252 g/mol. The van der Waals surface area contributed by atoms with Crippen molar-refractivity contribution in [1.82, 2.24) is 20.5 Å². The second-order valence-corrected chi connectivity index (χ2v) is 5.23. The molecule has 6 heteroatoms. The summed E-state index contributed by atoms with van der Waals surface area (Å²) in [6, 6.07) is 5.94. The topological polar surface area (TPSA) is 50.7 Å². The zero-order valence-electron chi connectivity index (χ0n) is 8.67. The summed E-state index contributed by atoms with van der Waals surface area (Å²) in [4.78, 5) is 4.24. The Balaban J connectivity index is 1.59. The van der Waals surface area contributed by atoms with Gasteiger partial charge in [0.15, 0.2) is 4.34 Å². The van der Waals surface area contributed by atoms with E-state index in [1.165, 1.54) is 0 Å². The molecule has 0 aromatic carbocycles. The molecule has 0 bridgehead atoms. The molecular weight excluding hydrogens is 240 g/mol. The van der Waals surface area contributed by atoms with Crippen LogP contribution < -0.4 is 5.32 Å². The minimum Gasteiger partial charge on any atom is -0.310 e. The van der Waals surface area contributed by atoms with Crippen LogP contribution in [0.3, 0.4) is 0 Å². The number of hydrogen-bond donors (Lipinski definition) is 1. The van der Waals surface area contributed by atoms with Crippen molar-refractivity contribution >= 4 is 23.1 Å². The average Bonchev–Trinajstić information content (AvgIpc) is 2.83. The van der Waals surface area contributed by atoms with Crippen LogP contribution in [-0.2, 0) is 6.54 Å². The van der Waals surface area contributed by atoms with Gasteiger partial charge >= 0.3 is 0 Å². The normalized spacial score (nSPS) is 10.5. The molecular formula is C10H12N4S2. The number of hydrogen-bond acceptors (Lipinski definition) is 6. The summed E-state index contributed by atoms with van der Waals surface area (Å²) in [5.41, 5.74) is 2.83. The standard InChI is InChI=1S/C10H12N4S2/c1-2-4-12-9(3-1)7-11-5-6-15-10-14-13-8-16-10/h1-4,8,11H,5-7H2. The quantitative estimate of drug-likeness (QED) is 0.628. The first-order valence-electron chi connectivity index (χ1n) is 4.95. The molecule has 0 aliphatic heterocycles. The van der Waals surface area contributed by atoms with Gasteiger partial charge in [-0.15, -0.1) is 10.2 Å². The molecule has 0 saturated heterocycles. The van der Waals surface area contributed by atoms with Crippen molar-refractivity contribution in [2.45, 2.75) is 10.9 Å². The van der Waals surface area contributed by atoms with Gasteiger partial charge in [0.1, 0.15) is 5.51 Å². The number of thioether (sulfide) groups is 1. The highest BCUT2D eigenvalue weighted by Gasteiger charge is 1.97. The van der Waals surface area contributed by atoms with Gasteiger partial charge in [0.05, 0.1) is 5.69 Å². The summed E-state index contributed by atoms with van der Waals surface area (Å²) in [7, 11) is 0. The zero-order chi connectivity index (χ0) is 11.1. The molecule has 0 atom stereocenters. The summed E-state index contributed by atoms with van der Waals surface area (Å²) in [5.74, 6) is 1.00. The molecule has 2 heterocycles. The molecule has 1 N–H and O–H groups in total. The third-order valence-corrected chi connectivity index (χ3v) is 3.74. The van der Waals surface area contributed by atoms with E-state index in [1.807, 2.05) is 24.4 Å². The van der Waals surface area contributed by atoms with Crippen LogP contribution in [-0.4, -0.2) is 27.5 Å². The van der Waals surface area contributed by atoms with E-state index >= 15 is 0 Å². The molecule has 2 aromatic heterocycles. The maximum Gasteiger partial charge on any atom is 0.174 e. The van der Waals surface area contributed by atoms with Crippen LogP contribution in [0.1, 0.15) is 5.69 Å².